The van der Waals surface area contributed by atoms with E-state index in [1.165, 1.54) is 0 Å². The normalized spacial score (nSPS) is 12.8. The molecule has 1 aromatic heterocycles. The lowest BCUT2D eigenvalue weighted by Gasteiger charge is -2.09. The van der Waals surface area contributed by atoms with E-state index in [0.717, 1.165) is 5.69 Å². The van der Waals surface area contributed by atoms with Crippen LogP contribution < -0.4 is 11.1 Å². The van der Waals surface area contributed by atoms with Crippen molar-refractivity contribution in [1.82, 2.24) is 10.2 Å². The van der Waals surface area contributed by atoms with Gasteiger partial charge in [-0.15, -0.1) is 0 Å². The predicted molar refractivity (Wildman–Crippen MR) is 65.8 cm³/mol. The summed E-state index contributed by atoms with van der Waals surface area (Å²) in [6.45, 7) is 4.55. The number of ether oxygens (including phenoxy) is 1. The summed E-state index contributed by atoms with van der Waals surface area (Å²) < 4.78 is 4.87. The lowest BCUT2D eigenvalue weighted by atomic mass is 10.1. The molecule has 0 fully saturated rings. The number of aromatic nitrogens is 2. The van der Waals surface area contributed by atoms with E-state index in [9.17, 15) is 4.79 Å². The van der Waals surface area contributed by atoms with Gasteiger partial charge in [-0.05, 0) is 12.3 Å². The lowest BCUT2D eigenvalue weighted by molar-refractivity contribution is -0.117. The van der Waals surface area contributed by atoms with Gasteiger partial charge in [0.15, 0.2) is 5.82 Å². The number of carbonyl (C=O) groups is 1. The van der Waals surface area contributed by atoms with Crippen LogP contribution in [0.25, 0.3) is 0 Å². The maximum absolute atomic E-state index is 11.7. The highest BCUT2D eigenvalue weighted by atomic mass is 16.5. The first-order chi connectivity index (χ1) is 8.04. The maximum Gasteiger partial charge on any atom is 0.242 e. The highest BCUT2D eigenvalue weighted by molar-refractivity contribution is 5.93. The second-order valence-electron chi connectivity index (χ2n) is 4.24. The third-order valence-electron chi connectivity index (χ3n) is 2.44. The number of rotatable bonds is 6. The quantitative estimate of drug-likeness (QED) is 0.686. The molecule has 0 spiro atoms. The van der Waals surface area contributed by atoms with Gasteiger partial charge < -0.3 is 15.8 Å². The highest BCUT2D eigenvalue weighted by Crippen LogP contribution is 2.14. The van der Waals surface area contributed by atoms with Crippen LogP contribution in [0.4, 0.5) is 5.82 Å². The van der Waals surface area contributed by atoms with E-state index in [2.05, 4.69) is 15.5 Å². The Morgan fingerprint density at radius 1 is 1.65 bits per heavy atom. The highest BCUT2D eigenvalue weighted by Gasteiger charge is 2.14. The summed E-state index contributed by atoms with van der Waals surface area (Å²) in [5.74, 6) is 0.603. The monoisotopic (exact) mass is 240 g/mol. The molecule has 1 atom stereocenters. The number of amides is 1. The van der Waals surface area contributed by atoms with Gasteiger partial charge in [-0.25, -0.2) is 0 Å². The van der Waals surface area contributed by atoms with Crippen LogP contribution in [0.15, 0.2) is 6.07 Å². The molecule has 1 amide bonds. The van der Waals surface area contributed by atoms with Crippen molar-refractivity contribution in [2.75, 3.05) is 19.0 Å². The lowest BCUT2D eigenvalue weighted by Crippen LogP contribution is -2.36. The Labute approximate surface area is 101 Å². The predicted octanol–water partition coefficient (Wildman–Crippen LogP) is 0.835. The molecule has 6 heteroatoms. The van der Waals surface area contributed by atoms with E-state index in [0.29, 0.717) is 24.8 Å². The van der Waals surface area contributed by atoms with Crippen molar-refractivity contribution >= 4 is 11.7 Å². The molecule has 4 N–H and O–H groups in total. The Morgan fingerprint density at radius 3 is 2.88 bits per heavy atom. The van der Waals surface area contributed by atoms with Gasteiger partial charge in [-0.3, -0.25) is 9.89 Å². The summed E-state index contributed by atoms with van der Waals surface area (Å²) in [7, 11) is 1.58. The summed E-state index contributed by atoms with van der Waals surface area (Å²) in [4.78, 5) is 11.7. The van der Waals surface area contributed by atoms with Crippen LogP contribution in [0.3, 0.4) is 0 Å². The van der Waals surface area contributed by atoms with Crippen molar-refractivity contribution in [2.24, 2.45) is 5.73 Å². The Kier molecular flexibility index (Phi) is 5.11. The zero-order chi connectivity index (χ0) is 12.8. The zero-order valence-corrected chi connectivity index (χ0v) is 10.5. The Hall–Kier alpha value is -1.40. The van der Waals surface area contributed by atoms with Crippen LogP contribution >= 0.6 is 0 Å². The molecule has 0 radical (unpaired) electrons. The molecule has 0 bridgehead atoms. The number of nitrogens with two attached hydrogens (primary N) is 1. The van der Waals surface area contributed by atoms with Gasteiger partial charge in [-0.2, -0.15) is 5.10 Å². The number of hydrogen-bond acceptors (Lipinski definition) is 4. The van der Waals surface area contributed by atoms with E-state index in [1.807, 2.05) is 19.9 Å². The van der Waals surface area contributed by atoms with Gasteiger partial charge in [0.05, 0.1) is 6.04 Å². The number of methoxy groups -OCH3 is 1. The summed E-state index contributed by atoms with van der Waals surface area (Å²) in [6.07, 6.45) is 0.490. The number of nitrogens with one attached hydrogen (secondary N) is 2. The molecular formula is C11H20N4O2. The molecule has 17 heavy (non-hydrogen) atoms. The Morgan fingerprint density at radius 2 is 2.35 bits per heavy atom. The first-order valence-corrected chi connectivity index (χ1v) is 5.65. The van der Waals surface area contributed by atoms with Crippen molar-refractivity contribution in [3.05, 3.63) is 11.8 Å². The smallest absolute Gasteiger partial charge is 0.242 e. The van der Waals surface area contributed by atoms with Crippen LogP contribution in [-0.4, -0.2) is 35.9 Å². The molecule has 0 aliphatic carbocycles. The van der Waals surface area contributed by atoms with Crippen molar-refractivity contribution in [3.8, 4) is 0 Å². The number of anilines is 1. The average molecular weight is 240 g/mol. The van der Waals surface area contributed by atoms with Gasteiger partial charge in [-0.1, -0.05) is 13.8 Å². The van der Waals surface area contributed by atoms with Crippen molar-refractivity contribution in [3.63, 3.8) is 0 Å². The second-order valence-corrected chi connectivity index (χ2v) is 4.24. The van der Waals surface area contributed by atoms with Crippen molar-refractivity contribution in [1.29, 1.82) is 0 Å². The zero-order valence-electron chi connectivity index (χ0n) is 10.5. The molecule has 0 saturated carbocycles. The van der Waals surface area contributed by atoms with Crippen LogP contribution in [0, 0.1) is 0 Å². The van der Waals surface area contributed by atoms with E-state index < -0.39 is 6.04 Å². The fourth-order valence-corrected chi connectivity index (χ4v) is 1.29. The maximum atomic E-state index is 11.7. The van der Waals surface area contributed by atoms with Gasteiger partial charge in [0.25, 0.3) is 0 Å². The summed E-state index contributed by atoms with van der Waals surface area (Å²) in [5, 5.41) is 9.52. The van der Waals surface area contributed by atoms with E-state index in [4.69, 9.17) is 10.5 Å². The first-order valence-electron chi connectivity index (χ1n) is 5.65. The number of nitrogens with zero attached hydrogens (tertiary/aromatic N) is 1. The van der Waals surface area contributed by atoms with Crippen LogP contribution in [0.1, 0.15) is 31.9 Å². The van der Waals surface area contributed by atoms with Gasteiger partial charge >= 0.3 is 0 Å². The third kappa shape index (κ3) is 4.16. The largest absolute Gasteiger partial charge is 0.385 e. The van der Waals surface area contributed by atoms with Gasteiger partial charge in [0.2, 0.25) is 5.91 Å². The standard InChI is InChI=1S/C11H20N4O2/c1-7(2)9-6-10(15-14-9)13-11(16)8(12)4-5-17-3/h6-8H,4-5,12H2,1-3H3,(H2,13,14,15,16). The van der Waals surface area contributed by atoms with Crippen molar-refractivity contribution < 1.29 is 9.53 Å². The number of carbonyl (C=O) groups excluding carboxylic acids is 1. The molecule has 0 aromatic carbocycles. The molecular weight excluding hydrogens is 220 g/mol. The molecule has 0 aliphatic rings. The molecule has 6 nitrogen and oxygen atoms in total. The summed E-state index contributed by atoms with van der Waals surface area (Å²) >= 11 is 0. The number of H-pyrrole nitrogens is 1. The molecule has 1 aromatic rings. The number of hydrogen-bond donors (Lipinski definition) is 3. The molecule has 1 heterocycles. The summed E-state index contributed by atoms with van der Waals surface area (Å²) in [5.41, 5.74) is 6.67. The van der Waals surface area contributed by atoms with E-state index in [1.54, 1.807) is 7.11 Å². The first kappa shape index (κ1) is 13.7. The molecule has 0 saturated heterocycles. The Bertz CT molecular complexity index is 362. The fourth-order valence-electron chi connectivity index (χ4n) is 1.29. The van der Waals surface area contributed by atoms with E-state index >= 15 is 0 Å². The molecule has 1 rings (SSSR count). The molecule has 1 unspecified atom stereocenters. The minimum atomic E-state index is -0.575. The van der Waals surface area contributed by atoms with Crippen LogP contribution in [0.5, 0.6) is 0 Å². The molecule has 0 aliphatic heterocycles. The van der Waals surface area contributed by atoms with Crippen LogP contribution in [-0.2, 0) is 9.53 Å². The molecule has 96 valence electrons. The van der Waals surface area contributed by atoms with Gasteiger partial charge in [0.1, 0.15) is 0 Å². The summed E-state index contributed by atoms with van der Waals surface area (Å²) in [6, 6.07) is 1.24. The van der Waals surface area contributed by atoms with Crippen LogP contribution in [0.2, 0.25) is 0 Å². The topological polar surface area (TPSA) is 93.0 Å². The minimum absolute atomic E-state index is 0.246. The average Bonchev–Trinajstić information content (AvgIpc) is 2.74. The van der Waals surface area contributed by atoms with Crippen molar-refractivity contribution in [2.45, 2.75) is 32.2 Å². The third-order valence-corrected chi connectivity index (χ3v) is 2.44. The fraction of sp³-hybridized carbons (Fsp3) is 0.636. The Balaban J connectivity index is 2.49. The SMILES string of the molecule is COCCC(N)C(=O)Nc1cc(C(C)C)[nH]n1. The van der Waals surface area contributed by atoms with Gasteiger partial charge in [0, 0.05) is 25.5 Å². The second kappa shape index (κ2) is 6.36. The number of aromatic amines is 1. The minimum Gasteiger partial charge on any atom is -0.385 e. The van der Waals surface area contributed by atoms with E-state index in [-0.39, 0.29) is 5.91 Å².